The van der Waals surface area contributed by atoms with Gasteiger partial charge in [0.15, 0.2) is 0 Å². The number of benzene rings is 1. The average Bonchev–Trinajstić information content (AvgIpc) is 2.60. The minimum Gasteiger partial charge on any atom is -0.391 e. The predicted molar refractivity (Wildman–Crippen MR) is 103 cm³/mol. The van der Waals surface area contributed by atoms with Crippen LogP contribution in [-0.2, 0) is 13.0 Å². The Kier molecular flexibility index (Phi) is 8.83. The number of fused-ring (bicyclic) bond motifs is 1. The van der Waals surface area contributed by atoms with E-state index in [0.29, 0.717) is 6.61 Å². The number of nitrogens with zero attached hydrogens (tertiary/aromatic N) is 1. The molecule has 0 aliphatic carbocycles. The third-order valence-electron chi connectivity index (χ3n) is 5.79. The lowest BCUT2D eigenvalue weighted by Crippen LogP contribution is -2.53. The van der Waals surface area contributed by atoms with Crippen LogP contribution in [0, 0.1) is 0 Å². The first-order valence-corrected chi connectivity index (χ1v) is 10.3. The van der Waals surface area contributed by atoms with E-state index >= 15 is 0 Å². The van der Waals surface area contributed by atoms with Gasteiger partial charge in [0.05, 0.1) is 19.7 Å². The minimum atomic E-state index is 0.319. The van der Waals surface area contributed by atoms with Crippen LogP contribution in [0.3, 0.4) is 0 Å². The summed E-state index contributed by atoms with van der Waals surface area (Å²) in [5.41, 5.74) is 3.03. The van der Waals surface area contributed by atoms with Gasteiger partial charge in [-0.05, 0) is 18.4 Å². The van der Waals surface area contributed by atoms with Crippen LogP contribution in [0.5, 0.6) is 0 Å². The van der Waals surface area contributed by atoms with E-state index in [1.807, 2.05) is 0 Å². The van der Waals surface area contributed by atoms with Crippen LogP contribution < -0.4 is 0 Å². The number of rotatable bonds is 12. The molecular weight excluding hydrogens is 294 g/mol. The summed E-state index contributed by atoms with van der Waals surface area (Å²) in [6, 6.07) is 8.89. The zero-order valence-corrected chi connectivity index (χ0v) is 15.8. The molecule has 1 heterocycles. The van der Waals surface area contributed by atoms with Gasteiger partial charge in [0.1, 0.15) is 13.1 Å². The molecule has 2 heteroatoms. The van der Waals surface area contributed by atoms with Gasteiger partial charge >= 0.3 is 0 Å². The normalized spacial score (nSPS) is 20.1. The maximum atomic E-state index is 9.56. The van der Waals surface area contributed by atoms with Crippen molar-refractivity contribution in [1.29, 1.82) is 0 Å². The highest BCUT2D eigenvalue weighted by Gasteiger charge is 2.31. The van der Waals surface area contributed by atoms with Crippen LogP contribution in [0.4, 0.5) is 0 Å². The van der Waals surface area contributed by atoms with E-state index in [9.17, 15) is 5.11 Å². The summed E-state index contributed by atoms with van der Waals surface area (Å²) in [5, 5.41) is 9.56. The first-order valence-electron chi connectivity index (χ1n) is 10.3. The van der Waals surface area contributed by atoms with Gasteiger partial charge in [-0.3, -0.25) is 0 Å². The molecule has 0 radical (unpaired) electrons. The van der Waals surface area contributed by atoms with Gasteiger partial charge in [-0.2, -0.15) is 0 Å². The lowest BCUT2D eigenvalue weighted by molar-refractivity contribution is -0.943. The third-order valence-corrected chi connectivity index (χ3v) is 5.79. The van der Waals surface area contributed by atoms with Crippen molar-refractivity contribution in [2.45, 2.75) is 77.7 Å². The van der Waals surface area contributed by atoms with Crippen molar-refractivity contribution in [3.63, 3.8) is 0 Å². The zero-order valence-electron chi connectivity index (χ0n) is 15.8. The van der Waals surface area contributed by atoms with Crippen molar-refractivity contribution in [3.05, 3.63) is 35.4 Å². The molecule has 1 aliphatic rings. The van der Waals surface area contributed by atoms with Crippen LogP contribution in [0.2, 0.25) is 0 Å². The molecule has 0 saturated heterocycles. The number of hydrogen-bond donors (Lipinski definition) is 1. The number of quaternary nitrogens is 1. The van der Waals surface area contributed by atoms with E-state index in [-0.39, 0.29) is 0 Å². The summed E-state index contributed by atoms with van der Waals surface area (Å²) < 4.78 is 1.10. The second-order valence-electron chi connectivity index (χ2n) is 7.74. The van der Waals surface area contributed by atoms with E-state index in [0.717, 1.165) is 17.6 Å². The molecule has 1 atom stereocenters. The fraction of sp³-hybridized carbons (Fsp3) is 0.727. The Labute approximate surface area is 149 Å². The second-order valence-corrected chi connectivity index (χ2v) is 7.74. The maximum Gasteiger partial charge on any atom is 0.105 e. The van der Waals surface area contributed by atoms with Crippen molar-refractivity contribution >= 4 is 0 Å². The molecule has 0 bridgehead atoms. The van der Waals surface area contributed by atoms with Crippen molar-refractivity contribution in [1.82, 2.24) is 0 Å². The Bertz CT molecular complexity index is 459. The molecular formula is C22H38NO+. The van der Waals surface area contributed by atoms with Gasteiger partial charge in [0.2, 0.25) is 0 Å². The predicted octanol–water partition coefficient (Wildman–Crippen LogP) is 5.08. The topological polar surface area (TPSA) is 20.2 Å². The van der Waals surface area contributed by atoms with E-state index in [1.54, 1.807) is 0 Å². The van der Waals surface area contributed by atoms with Crippen LogP contribution in [0.1, 0.15) is 75.8 Å². The maximum absolute atomic E-state index is 9.56. The van der Waals surface area contributed by atoms with Crippen LogP contribution >= 0.6 is 0 Å². The first kappa shape index (κ1) is 19.5. The molecule has 0 spiro atoms. The van der Waals surface area contributed by atoms with E-state index in [4.69, 9.17) is 0 Å². The third kappa shape index (κ3) is 6.22. The highest BCUT2D eigenvalue weighted by Crippen LogP contribution is 2.26. The van der Waals surface area contributed by atoms with E-state index in [1.165, 1.54) is 88.4 Å². The van der Waals surface area contributed by atoms with Crippen molar-refractivity contribution < 1.29 is 9.59 Å². The molecule has 1 unspecified atom stereocenters. The lowest BCUT2D eigenvalue weighted by Gasteiger charge is -2.42. The molecule has 1 aliphatic heterocycles. The van der Waals surface area contributed by atoms with Crippen molar-refractivity contribution in [2.75, 3.05) is 26.2 Å². The molecule has 24 heavy (non-hydrogen) atoms. The molecule has 136 valence electrons. The Morgan fingerprint density at radius 2 is 1.46 bits per heavy atom. The summed E-state index contributed by atoms with van der Waals surface area (Å²) in [6.07, 6.45) is 13.7. The first-order chi connectivity index (χ1) is 11.8. The highest BCUT2D eigenvalue weighted by molar-refractivity contribution is 5.27. The van der Waals surface area contributed by atoms with Crippen LogP contribution in [0.25, 0.3) is 0 Å². The van der Waals surface area contributed by atoms with E-state index < -0.39 is 0 Å². The summed E-state index contributed by atoms with van der Waals surface area (Å²) in [5.74, 6) is 0. The summed E-state index contributed by atoms with van der Waals surface area (Å²) >= 11 is 0. The molecule has 1 aromatic carbocycles. The van der Waals surface area contributed by atoms with E-state index in [2.05, 4.69) is 31.2 Å². The SMILES string of the molecule is CCCCCCCCCCC[N+]1(CCO)CCc2ccccc2C1. The van der Waals surface area contributed by atoms with Gasteiger partial charge in [0, 0.05) is 12.0 Å². The monoisotopic (exact) mass is 332 g/mol. The van der Waals surface area contributed by atoms with Gasteiger partial charge in [-0.15, -0.1) is 0 Å². The fourth-order valence-electron chi connectivity index (χ4n) is 4.22. The second kappa shape index (κ2) is 10.9. The van der Waals surface area contributed by atoms with Gasteiger partial charge in [0.25, 0.3) is 0 Å². The van der Waals surface area contributed by atoms with Gasteiger partial charge in [-0.1, -0.05) is 76.1 Å². The molecule has 0 amide bonds. The number of hydrogen-bond acceptors (Lipinski definition) is 1. The number of unbranched alkanes of at least 4 members (excludes halogenated alkanes) is 8. The minimum absolute atomic E-state index is 0.319. The standard InChI is InChI=1S/C22H38NO/c1-2-3-4-5-6-7-8-9-12-16-23(18-19-24)17-15-21-13-10-11-14-22(21)20-23/h10-11,13-14,24H,2-9,12,15-20H2,1H3/q+1. The highest BCUT2D eigenvalue weighted by atomic mass is 16.3. The lowest BCUT2D eigenvalue weighted by atomic mass is 9.97. The van der Waals surface area contributed by atoms with Gasteiger partial charge in [-0.25, -0.2) is 0 Å². The molecule has 0 aromatic heterocycles. The number of aliphatic hydroxyl groups is 1. The summed E-state index contributed by atoms with van der Waals surface area (Å²) in [4.78, 5) is 0. The quantitative estimate of drug-likeness (QED) is 0.418. The fourth-order valence-corrected chi connectivity index (χ4v) is 4.22. The largest absolute Gasteiger partial charge is 0.391 e. The smallest absolute Gasteiger partial charge is 0.105 e. The van der Waals surface area contributed by atoms with Crippen LogP contribution in [-0.4, -0.2) is 35.8 Å². The Morgan fingerprint density at radius 3 is 2.12 bits per heavy atom. The van der Waals surface area contributed by atoms with Crippen LogP contribution in [0.15, 0.2) is 24.3 Å². The zero-order chi connectivity index (χ0) is 17.1. The molecule has 2 nitrogen and oxygen atoms in total. The Hall–Kier alpha value is -0.860. The summed E-state index contributed by atoms with van der Waals surface area (Å²) in [6.45, 7) is 7.09. The number of aliphatic hydroxyl groups excluding tert-OH is 1. The molecule has 1 N–H and O–H groups in total. The summed E-state index contributed by atoms with van der Waals surface area (Å²) in [7, 11) is 0. The van der Waals surface area contributed by atoms with Crippen molar-refractivity contribution in [3.8, 4) is 0 Å². The Balaban J connectivity index is 1.69. The average molecular weight is 333 g/mol. The molecule has 0 fully saturated rings. The van der Waals surface area contributed by atoms with Crippen molar-refractivity contribution in [2.24, 2.45) is 0 Å². The Morgan fingerprint density at radius 1 is 0.833 bits per heavy atom. The molecule has 1 aromatic rings. The molecule has 2 rings (SSSR count). The molecule has 0 saturated carbocycles. The van der Waals surface area contributed by atoms with Gasteiger partial charge < -0.3 is 9.59 Å².